The van der Waals surface area contributed by atoms with Gasteiger partial charge < -0.3 is 20.5 Å². The third-order valence-electron chi connectivity index (χ3n) is 4.34. The zero-order valence-corrected chi connectivity index (χ0v) is 15.5. The summed E-state index contributed by atoms with van der Waals surface area (Å²) in [5.41, 5.74) is 4.66. The maximum Gasteiger partial charge on any atom is 0.330 e. The first kappa shape index (κ1) is 20.8. The van der Waals surface area contributed by atoms with Crippen molar-refractivity contribution in [1.82, 2.24) is 14.9 Å². The van der Waals surface area contributed by atoms with Gasteiger partial charge in [-0.05, 0) is 13.3 Å². The molecule has 2 heterocycles. The molecule has 1 amide bonds. The number of carbonyl (C=O) groups excluding carboxylic acids is 2. The lowest BCUT2D eigenvalue weighted by atomic mass is 10.1. The molecule has 1 fully saturated rings. The highest BCUT2D eigenvalue weighted by molar-refractivity contribution is 5.81. The predicted molar refractivity (Wildman–Crippen MR) is 96.1 cm³/mol. The second kappa shape index (κ2) is 9.47. The van der Waals surface area contributed by atoms with E-state index in [1.54, 1.807) is 6.92 Å². The lowest BCUT2D eigenvalue weighted by molar-refractivity contribution is -0.153. The average Bonchev–Trinajstić information content (AvgIpc) is 3.03. The Labute approximate surface area is 156 Å². The van der Waals surface area contributed by atoms with Gasteiger partial charge >= 0.3 is 11.7 Å². The van der Waals surface area contributed by atoms with Crippen LogP contribution in [-0.4, -0.2) is 46.7 Å². The monoisotopic (exact) mass is 382 g/mol. The summed E-state index contributed by atoms with van der Waals surface area (Å²) in [6.45, 7) is 4.17. The van der Waals surface area contributed by atoms with E-state index in [0.717, 1.165) is 0 Å². The molecule has 0 aromatic carbocycles. The van der Waals surface area contributed by atoms with Gasteiger partial charge in [0.25, 0.3) is 5.56 Å². The maximum atomic E-state index is 12.0. The van der Waals surface area contributed by atoms with Crippen LogP contribution < -0.4 is 22.3 Å². The first-order chi connectivity index (χ1) is 12.8. The topological polar surface area (TPSA) is 146 Å². The zero-order valence-electron chi connectivity index (χ0n) is 15.5. The van der Waals surface area contributed by atoms with Crippen molar-refractivity contribution < 1.29 is 19.1 Å². The first-order valence-electron chi connectivity index (χ1n) is 8.99. The van der Waals surface area contributed by atoms with Gasteiger partial charge in [0, 0.05) is 37.7 Å². The number of ether oxygens (including phenoxy) is 2. The van der Waals surface area contributed by atoms with Crippen LogP contribution >= 0.6 is 0 Å². The number of rotatable bonds is 8. The van der Waals surface area contributed by atoms with Crippen LogP contribution in [0.2, 0.25) is 0 Å². The molecule has 1 aromatic rings. The van der Waals surface area contributed by atoms with Crippen molar-refractivity contribution in [3.05, 3.63) is 32.6 Å². The third-order valence-corrected chi connectivity index (χ3v) is 4.34. The van der Waals surface area contributed by atoms with Crippen LogP contribution in [0, 0.1) is 6.92 Å². The van der Waals surface area contributed by atoms with Crippen molar-refractivity contribution in [1.29, 1.82) is 0 Å². The van der Waals surface area contributed by atoms with E-state index in [9.17, 15) is 19.2 Å². The molecular weight excluding hydrogens is 356 g/mol. The summed E-state index contributed by atoms with van der Waals surface area (Å²) in [7, 11) is 0. The van der Waals surface area contributed by atoms with Gasteiger partial charge in [0.2, 0.25) is 5.91 Å². The van der Waals surface area contributed by atoms with E-state index in [0.29, 0.717) is 25.1 Å². The van der Waals surface area contributed by atoms with Crippen LogP contribution in [0.25, 0.3) is 0 Å². The predicted octanol–water partition coefficient (Wildman–Crippen LogP) is -0.691. The van der Waals surface area contributed by atoms with Crippen molar-refractivity contribution >= 4 is 11.9 Å². The largest absolute Gasteiger partial charge is 0.459 e. The van der Waals surface area contributed by atoms with Crippen molar-refractivity contribution in [2.45, 2.75) is 58.0 Å². The number of esters is 1. The SMILES string of the molecule is CCC1OC(n2cc(C)c(=O)[nH]c2=O)CC1OC(=O)CCC(=O)NCCN. The minimum atomic E-state index is -0.636. The Balaban J connectivity index is 1.97. The Hall–Kier alpha value is -2.46. The van der Waals surface area contributed by atoms with E-state index >= 15 is 0 Å². The number of amides is 1. The van der Waals surface area contributed by atoms with Crippen LogP contribution in [0.3, 0.4) is 0 Å². The molecule has 2 rings (SSSR count). The Morgan fingerprint density at radius 3 is 2.81 bits per heavy atom. The quantitative estimate of drug-likeness (QED) is 0.504. The average molecular weight is 382 g/mol. The summed E-state index contributed by atoms with van der Waals surface area (Å²) in [5, 5.41) is 2.58. The number of aromatic nitrogens is 2. The summed E-state index contributed by atoms with van der Waals surface area (Å²) in [6.07, 6.45) is 0.741. The number of aryl methyl sites for hydroxylation is 1. The smallest absolute Gasteiger partial charge is 0.330 e. The van der Waals surface area contributed by atoms with Gasteiger partial charge in [0.05, 0.1) is 12.5 Å². The Morgan fingerprint density at radius 2 is 2.15 bits per heavy atom. The van der Waals surface area contributed by atoms with Gasteiger partial charge in [-0.1, -0.05) is 6.92 Å². The molecule has 0 saturated carbocycles. The van der Waals surface area contributed by atoms with E-state index in [4.69, 9.17) is 15.2 Å². The number of hydrogen-bond donors (Lipinski definition) is 3. The first-order valence-corrected chi connectivity index (χ1v) is 8.99. The molecular formula is C17H26N4O6. The van der Waals surface area contributed by atoms with Crippen LogP contribution in [0.5, 0.6) is 0 Å². The maximum absolute atomic E-state index is 12.0. The molecule has 1 aliphatic rings. The Bertz CT molecular complexity index is 786. The molecule has 1 saturated heterocycles. The lowest BCUT2D eigenvalue weighted by Gasteiger charge is -2.17. The Morgan fingerprint density at radius 1 is 1.41 bits per heavy atom. The van der Waals surface area contributed by atoms with Crippen LogP contribution in [0.4, 0.5) is 0 Å². The molecule has 0 radical (unpaired) electrons. The summed E-state index contributed by atoms with van der Waals surface area (Å²) in [6, 6.07) is 0. The summed E-state index contributed by atoms with van der Waals surface area (Å²) >= 11 is 0. The minimum Gasteiger partial charge on any atom is -0.459 e. The van der Waals surface area contributed by atoms with Crippen molar-refractivity contribution in [2.75, 3.05) is 13.1 Å². The third kappa shape index (κ3) is 5.51. The van der Waals surface area contributed by atoms with Crippen LogP contribution in [-0.2, 0) is 19.1 Å². The van der Waals surface area contributed by atoms with Gasteiger partial charge in [-0.15, -0.1) is 0 Å². The molecule has 3 unspecified atom stereocenters. The van der Waals surface area contributed by atoms with Crippen LogP contribution in [0.15, 0.2) is 15.8 Å². The fourth-order valence-electron chi connectivity index (χ4n) is 2.90. The number of aromatic amines is 1. The molecule has 4 N–H and O–H groups in total. The number of H-pyrrole nitrogens is 1. The highest BCUT2D eigenvalue weighted by atomic mass is 16.6. The molecule has 0 spiro atoms. The lowest BCUT2D eigenvalue weighted by Crippen LogP contribution is -2.33. The molecule has 3 atom stereocenters. The van der Waals surface area contributed by atoms with Gasteiger partial charge in [-0.3, -0.25) is 23.9 Å². The zero-order chi connectivity index (χ0) is 20.0. The molecule has 1 aliphatic heterocycles. The molecule has 0 bridgehead atoms. The van der Waals surface area contributed by atoms with Gasteiger partial charge in [-0.25, -0.2) is 4.79 Å². The molecule has 10 nitrogen and oxygen atoms in total. The number of carbonyl (C=O) groups is 2. The number of hydrogen-bond acceptors (Lipinski definition) is 7. The van der Waals surface area contributed by atoms with Gasteiger partial charge in [0.15, 0.2) is 0 Å². The van der Waals surface area contributed by atoms with Crippen molar-refractivity contribution in [2.24, 2.45) is 5.73 Å². The van der Waals surface area contributed by atoms with Crippen molar-refractivity contribution in [3.8, 4) is 0 Å². The normalized spacial score (nSPS) is 21.8. The minimum absolute atomic E-state index is 0.0191. The van der Waals surface area contributed by atoms with Crippen LogP contribution in [0.1, 0.15) is 44.4 Å². The highest BCUT2D eigenvalue weighted by Crippen LogP contribution is 2.31. The molecule has 10 heteroatoms. The standard InChI is InChI=1S/C17H26N4O6/c1-3-11-12(27-15(23)5-4-13(22)19-7-6-18)8-14(26-11)21-9-10(2)16(24)20-17(21)25/h9,11-12,14H,3-8,18H2,1-2H3,(H,19,22)(H,20,24,25). The number of nitrogens with zero attached hydrogens (tertiary/aromatic N) is 1. The van der Waals surface area contributed by atoms with E-state index < -0.39 is 29.6 Å². The van der Waals surface area contributed by atoms with Gasteiger partial charge in [0.1, 0.15) is 12.3 Å². The van der Waals surface area contributed by atoms with Crippen molar-refractivity contribution in [3.63, 3.8) is 0 Å². The van der Waals surface area contributed by atoms with E-state index in [1.165, 1.54) is 10.8 Å². The fraction of sp³-hybridized carbons (Fsp3) is 0.647. The second-order valence-corrected chi connectivity index (χ2v) is 6.42. The second-order valence-electron chi connectivity index (χ2n) is 6.42. The highest BCUT2D eigenvalue weighted by Gasteiger charge is 2.38. The molecule has 27 heavy (non-hydrogen) atoms. The summed E-state index contributed by atoms with van der Waals surface area (Å²) < 4.78 is 12.6. The van der Waals surface area contributed by atoms with E-state index in [-0.39, 0.29) is 31.3 Å². The number of nitrogens with one attached hydrogen (secondary N) is 2. The molecule has 0 aliphatic carbocycles. The number of nitrogens with two attached hydrogens (primary N) is 1. The van der Waals surface area contributed by atoms with E-state index in [2.05, 4.69) is 10.3 Å². The fourth-order valence-corrected chi connectivity index (χ4v) is 2.90. The summed E-state index contributed by atoms with van der Waals surface area (Å²) in [5.74, 6) is -0.768. The van der Waals surface area contributed by atoms with E-state index in [1.807, 2.05) is 6.92 Å². The molecule has 150 valence electrons. The summed E-state index contributed by atoms with van der Waals surface area (Å²) in [4.78, 5) is 49.4. The molecule has 1 aromatic heterocycles. The Kier molecular flexibility index (Phi) is 7.31. The van der Waals surface area contributed by atoms with Gasteiger partial charge in [-0.2, -0.15) is 0 Å².